The van der Waals surface area contributed by atoms with Crippen LogP contribution < -0.4 is 9.47 Å². The largest absolute Gasteiger partial charge is 0.497 e. The van der Waals surface area contributed by atoms with Crippen LogP contribution in [0.25, 0.3) is 17.0 Å². The van der Waals surface area contributed by atoms with Crippen molar-refractivity contribution in [2.45, 2.75) is 19.5 Å². The fourth-order valence-electron chi connectivity index (χ4n) is 5.61. The molecule has 1 saturated heterocycles. The lowest BCUT2D eigenvalue weighted by Gasteiger charge is -2.34. The maximum Gasteiger partial charge on any atom is 0.338 e. The first kappa shape index (κ1) is 28.0. The minimum Gasteiger partial charge on any atom is -0.497 e. The average Bonchev–Trinajstić information content (AvgIpc) is 3.57. The molecule has 3 heterocycles. The first-order valence-corrected chi connectivity index (χ1v) is 14.7. The molecule has 214 valence electrons. The number of halogens is 1. The monoisotopic (exact) mass is 599 g/mol. The van der Waals surface area contributed by atoms with Crippen molar-refractivity contribution in [1.29, 1.82) is 0 Å². The van der Waals surface area contributed by atoms with Gasteiger partial charge in [0.1, 0.15) is 11.5 Å². The van der Waals surface area contributed by atoms with Crippen molar-refractivity contribution in [1.82, 2.24) is 9.47 Å². The molecule has 0 bridgehead atoms. The summed E-state index contributed by atoms with van der Waals surface area (Å²) in [5, 5.41) is 2.73. The van der Waals surface area contributed by atoms with Crippen LogP contribution in [0.15, 0.2) is 94.1 Å². The minimum atomic E-state index is -0.439. The van der Waals surface area contributed by atoms with E-state index in [4.69, 9.17) is 30.8 Å². The molecule has 3 aromatic carbocycles. The maximum atomic E-state index is 13.1. The standard InChI is InChI=1S/C33H30ClN3O4S/c1-20-30(32(38)41-4)31(26-14-13-23(39-2)16-29(26)40-3)37-19-24(42-33(37)35-20)15-22-18-36(28-12-8-6-10-25(22)28)17-21-9-5-7-11-27(21)34/h5-16,18,31H,17,19H2,1-4H3. The van der Waals surface area contributed by atoms with Crippen LogP contribution in [0, 0.1) is 0 Å². The summed E-state index contributed by atoms with van der Waals surface area (Å²) in [6.07, 6.45) is 4.39. The Morgan fingerprint density at radius 1 is 1.07 bits per heavy atom. The molecular weight excluding hydrogens is 570 g/mol. The van der Waals surface area contributed by atoms with E-state index in [1.54, 1.807) is 26.0 Å². The molecule has 2 aliphatic rings. The van der Waals surface area contributed by atoms with Gasteiger partial charge in [-0.1, -0.05) is 59.8 Å². The third kappa shape index (κ3) is 5.05. The van der Waals surface area contributed by atoms with Gasteiger partial charge in [-0.15, -0.1) is 0 Å². The van der Waals surface area contributed by atoms with Crippen LogP contribution in [0.2, 0.25) is 5.02 Å². The van der Waals surface area contributed by atoms with E-state index in [9.17, 15) is 4.79 Å². The Morgan fingerprint density at radius 2 is 1.86 bits per heavy atom. The number of hydrogen-bond acceptors (Lipinski definition) is 7. The zero-order chi connectivity index (χ0) is 29.4. The number of hydrogen-bond donors (Lipinski definition) is 0. The Balaban J connectivity index is 1.40. The Bertz CT molecular complexity index is 1790. The molecule has 0 saturated carbocycles. The Morgan fingerprint density at radius 3 is 2.62 bits per heavy atom. The number of esters is 1. The number of amidine groups is 1. The van der Waals surface area contributed by atoms with Crippen LogP contribution in [0.3, 0.4) is 0 Å². The molecular formula is C33H30ClN3O4S. The maximum absolute atomic E-state index is 13.1. The molecule has 1 unspecified atom stereocenters. The van der Waals surface area contributed by atoms with Gasteiger partial charge in [0.15, 0.2) is 5.17 Å². The molecule has 7 nitrogen and oxygen atoms in total. The number of fused-ring (bicyclic) bond motifs is 2. The van der Waals surface area contributed by atoms with Gasteiger partial charge in [0.05, 0.1) is 45.2 Å². The lowest BCUT2D eigenvalue weighted by Crippen LogP contribution is -2.36. The van der Waals surface area contributed by atoms with Crippen molar-refractivity contribution in [3.05, 3.63) is 111 Å². The summed E-state index contributed by atoms with van der Waals surface area (Å²) in [5.74, 6) is 0.883. The van der Waals surface area contributed by atoms with Gasteiger partial charge >= 0.3 is 5.97 Å². The van der Waals surface area contributed by atoms with E-state index < -0.39 is 12.0 Å². The minimum absolute atomic E-state index is 0.414. The second-order valence-electron chi connectivity index (χ2n) is 10.1. The number of nitrogens with zero attached hydrogens (tertiary/aromatic N) is 3. The molecule has 42 heavy (non-hydrogen) atoms. The topological polar surface area (TPSA) is 65.3 Å². The van der Waals surface area contributed by atoms with Gasteiger partial charge in [0.25, 0.3) is 0 Å². The highest BCUT2D eigenvalue weighted by atomic mass is 35.5. The van der Waals surface area contributed by atoms with E-state index in [0.29, 0.717) is 35.9 Å². The van der Waals surface area contributed by atoms with Crippen LogP contribution in [0.5, 0.6) is 11.5 Å². The molecule has 6 rings (SSSR count). The van der Waals surface area contributed by atoms with Gasteiger partial charge in [-0.05, 0) is 42.8 Å². The number of rotatable bonds is 7. The molecule has 2 aliphatic heterocycles. The van der Waals surface area contributed by atoms with Crippen molar-refractivity contribution < 1.29 is 19.0 Å². The van der Waals surface area contributed by atoms with Gasteiger partial charge in [-0.3, -0.25) is 0 Å². The lowest BCUT2D eigenvalue weighted by molar-refractivity contribution is -0.136. The fourth-order valence-corrected chi connectivity index (χ4v) is 6.90. The van der Waals surface area contributed by atoms with Crippen molar-refractivity contribution in [3.63, 3.8) is 0 Å². The van der Waals surface area contributed by atoms with Gasteiger partial charge in [-0.25, -0.2) is 9.79 Å². The number of aromatic nitrogens is 1. The van der Waals surface area contributed by atoms with Crippen molar-refractivity contribution in [2.75, 3.05) is 27.9 Å². The van der Waals surface area contributed by atoms with E-state index in [-0.39, 0.29) is 0 Å². The Kier molecular flexibility index (Phi) is 7.75. The van der Waals surface area contributed by atoms with Gasteiger partial charge in [-0.2, -0.15) is 0 Å². The van der Waals surface area contributed by atoms with Gasteiger partial charge < -0.3 is 23.7 Å². The number of thioether (sulfide) groups is 1. The van der Waals surface area contributed by atoms with Crippen LogP contribution >= 0.6 is 23.4 Å². The number of carbonyl (C=O) groups excluding carboxylic acids is 1. The van der Waals surface area contributed by atoms with Crippen LogP contribution in [0.1, 0.15) is 29.7 Å². The molecule has 0 amide bonds. The average molecular weight is 600 g/mol. The summed E-state index contributed by atoms with van der Waals surface area (Å²) in [7, 11) is 4.63. The first-order chi connectivity index (χ1) is 20.4. The molecule has 0 aliphatic carbocycles. The fraction of sp³-hybridized carbons (Fsp3) is 0.212. The highest BCUT2D eigenvalue weighted by molar-refractivity contribution is 8.17. The van der Waals surface area contributed by atoms with E-state index in [1.165, 1.54) is 7.11 Å². The van der Waals surface area contributed by atoms with Crippen molar-refractivity contribution >= 4 is 51.5 Å². The van der Waals surface area contributed by atoms with E-state index in [2.05, 4.69) is 52.1 Å². The summed E-state index contributed by atoms with van der Waals surface area (Å²) < 4.78 is 18.6. The van der Waals surface area contributed by atoms with E-state index >= 15 is 0 Å². The zero-order valence-corrected chi connectivity index (χ0v) is 25.3. The number of aliphatic imine (C=N–C) groups is 1. The molecule has 1 atom stereocenters. The van der Waals surface area contributed by atoms with E-state index in [0.717, 1.165) is 42.7 Å². The smallest absolute Gasteiger partial charge is 0.338 e. The molecule has 1 aromatic heterocycles. The molecule has 0 radical (unpaired) electrons. The third-order valence-electron chi connectivity index (χ3n) is 7.61. The number of para-hydroxylation sites is 1. The molecule has 4 aromatic rings. The van der Waals surface area contributed by atoms with Crippen LogP contribution in [-0.4, -0.2) is 48.5 Å². The SMILES string of the molecule is COC(=O)C1=C(C)N=C2SC(=Cc3cn(Cc4ccccc4Cl)c4ccccc34)CN2C1c1ccc(OC)cc1OC. The number of benzene rings is 3. The summed E-state index contributed by atoms with van der Waals surface area (Å²) in [4.78, 5) is 21.2. The summed E-state index contributed by atoms with van der Waals surface area (Å²) in [5.41, 5.74) is 5.26. The number of allylic oxidation sites excluding steroid dienone is 1. The zero-order valence-electron chi connectivity index (χ0n) is 23.8. The van der Waals surface area contributed by atoms with Crippen LogP contribution in [-0.2, 0) is 16.1 Å². The number of ether oxygens (including phenoxy) is 3. The summed E-state index contributed by atoms with van der Waals surface area (Å²) >= 11 is 8.11. The second kappa shape index (κ2) is 11.6. The van der Waals surface area contributed by atoms with Gasteiger partial charge in [0, 0.05) is 50.8 Å². The van der Waals surface area contributed by atoms with Crippen molar-refractivity contribution in [2.24, 2.45) is 4.99 Å². The van der Waals surface area contributed by atoms with E-state index in [1.807, 2.05) is 43.3 Å². The van der Waals surface area contributed by atoms with Crippen molar-refractivity contribution in [3.8, 4) is 11.5 Å². The summed E-state index contributed by atoms with van der Waals surface area (Å²) in [6, 6.07) is 21.5. The highest BCUT2D eigenvalue weighted by Gasteiger charge is 2.41. The molecule has 0 spiro atoms. The predicted octanol–water partition coefficient (Wildman–Crippen LogP) is 7.31. The second-order valence-corrected chi connectivity index (χ2v) is 11.6. The third-order valence-corrected chi connectivity index (χ3v) is 8.99. The highest BCUT2D eigenvalue weighted by Crippen LogP contribution is 2.47. The Hall–Kier alpha value is -4.14. The van der Waals surface area contributed by atoms with Gasteiger partial charge in [0.2, 0.25) is 0 Å². The summed E-state index contributed by atoms with van der Waals surface area (Å²) in [6.45, 7) is 3.09. The normalized spacial score (nSPS) is 17.5. The van der Waals surface area contributed by atoms with Crippen LogP contribution in [0.4, 0.5) is 0 Å². The quantitative estimate of drug-likeness (QED) is 0.208. The first-order valence-electron chi connectivity index (χ1n) is 13.5. The molecule has 9 heteroatoms. The molecule has 0 N–H and O–H groups in total. The molecule has 1 fully saturated rings. The predicted molar refractivity (Wildman–Crippen MR) is 169 cm³/mol. The number of methoxy groups -OCH3 is 3. The Labute approximate surface area is 254 Å². The lowest BCUT2D eigenvalue weighted by atomic mass is 9.93. The number of carbonyl (C=O) groups is 1.